The van der Waals surface area contributed by atoms with Crippen molar-refractivity contribution in [2.24, 2.45) is 16.8 Å². The number of carbonyl (C=O) groups excluding carboxylic acids is 1. The molecule has 110 valence electrons. The van der Waals surface area contributed by atoms with E-state index in [0.29, 0.717) is 12.1 Å². The van der Waals surface area contributed by atoms with E-state index in [-0.39, 0.29) is 11.7 Å². The summed E-state index contributed by atoms with van der Waals surface area (Å²) in [7, 11) is 0. The van der Waals surface area contributed by atoms with Crippen molar-refractivity contribution in [1.29, 1.82) is 0 Å². The fourth-order valence-electron chi connectivity index (χ4n) is 1.90. The second kappa shape index (κ2) is 6.90. The lowest BCUT2D eigenvalue weighted by molar-refractivity contribution is -0.118. The van der Waals surface area contributed by atoms with Gasteiger partial charge >= 0.3 is 0 Å². The second-order valence-corrected chi connectivity index (χ2v) is 5.75. The Kier molecular flexibility index (Phi) is 4.94. The van der Waals surface area contributed by atoms with Crippen LogP contribution in [0.5, 0.6) is 0 Å². The van der Waals surface area contributed by atoms with Gasteiger partial charge in [-0.05, 0) is 30.5 Å². The van der Waals surface area contributed by atoms with Gasteiger partial charge in [-0.3, -0.25) is 4.79 Å². The van der Waals surface area contributed by atoms with Gasteiger partial charge in [0.1, 0.15) is 5.92 Å². The molecule has 0 bridgehead atoms. The van der Waals surface area contributed by atoms with Crippen LogP contribution < -0.4 is 11.1 Å². The Morgan fingerprint density at radius 2 is 2.10 bits per heavy atom. The minimum absolute atomic E-state index is 0.0898. The molecule has 0 fully saturated rings. The predicted octanol–water partition coefficient (Wildman–Crippen LogP) is 2.60. The summed E-state index contributed by atoms with van der Waals surface area (Å²) >= 11 is 1.53. The van der Waals surface area contributed by atoms with Crippen LogP contribution in [0.3, 0.4) is 0 Å². The van der Waals surface area contributed by atoms with E-state index in [0.717, 1.165) is 10.4 Å². The van der Waals surface area contributed by atoms with Crippen LogP contribution in [0.1, 0.15) is 10.4 Å². The number of hydrogen-bond donors (Lipinski definition) is 3. The number of hydrogen-bond acceptors (Lipinski definition) is 4. The van der Waals surface area contributed by atoms with E-state index in [4.69, 9.17) is 10.9 Å². The highest BCUT2D eigenvalue weighted by molar-refractivity contribution is 7.09. The molecule has 1 aromatic carbocycles. The molecule has 0 aliphatic heterocycles. The first kappa shape index (κ1) is 15.1. The number of nitrogens with zero attached hydrogens (tertiary/aromatic N) is 1. The molecule has 5 nitrogen and oxygen atoms in total. The standard InChI is InChI=1S/C15H17N3O2S/c1-10-4-6-11(7-5-10)17-15(19)13(14(16)18-20)9-12-3-2-8-21-12/h2-8,13,20H,9H2,1H3,(H2,16,18)(H,17,19)/t13-/m0/s1. The molecule has 1 amide bonds. The van der Waals surface area contributed by atoms with Crippen molar-refractivity contribution < 1.29 is 10.0 Å². The molecule has 2 aromatic rings. The summed E-state index contributed by atoms with van der Waals surface area (Å²) in [6.45, 7) is 1.97. The molecular formula is C15H17N3O2S. The number of thiophene rings is 1. The third-order valence-electron chi connectivity index (χ3n) is 3.09. The van der Waals surface area contributed by atoms with Crippen LogP contribution in [0.2, 0.25) is 0 Å². The monoisotopic (exact) mass is 303 g/mol. The van der Waals surface area contributed by atoms with Gasteiger partial charge in [-0.15, -0.1) is 11.3 Å². The van der Waals surface area contributed by atoms with Gasteiger partial charge in [-0.1, -0.05) is 28.9 Å². The average Bonchev–Trinajstić information content (AvgIpc) is 2.99. The van der Waals surface area contributed by atoms with Crippen molar-refractivity contribution >= 4 is 28.8 Å². The molecule has 1 heterocycles. The Morgan fingerprint density at radius 1 is 1.38 bits per heavy atom. The van der Waals surface area contributed by atoms with Crippen LogP contribution in [0.4, 0.5) is 5.69 Å². The van der Waals surface area contributed by atoms with Gasteiger partial charge in [0, 0.05) is 17.0 Å². The molecule has 6 heteroatoms. The van der Waals surface area contributed by atoms with Crippen LogP contribution in [0.15, 0.2) is 46.9 Å². The minimum atomic E-state index is -0.699. The van der Waals surface area contributed by atoms with E-state index in [1.165, 1.54) is 11.3 Å². The summed E-state index contributed by atoms with van der Waals surface area (Å²) in [5.74, 6) is -1.08. The van der Waals surface area contributed by atoms with E-state index in [2.05, 4.69) is 10.5 Å². The predicted molar refractivity (Wildman–Crippen MR) is 84.7 cm³/mol. The third kappa shape index (κ3) is 4.06. The Balaban J connectivity index is 2.12. The van der Waals surface area contributed by atoms with E-state index < -0.39 is 5.92 Å². The number of rotatable bonds is 5. The minimum Gasteiger partial charge on any atom is -0.409 e. The zero-order chi connectivity index (χ0) is 15.2. The largest absolute Gasteiger partial charge is 0.409 e. The first-order valence-corrected chi connectivity index (χ1v) is 7.35. The molecule has 1 aromatic heterocycles. The van der Waals surface area contributed by atoms with E-state index in [1.54, 1.807) is 0 Å². The van der Waals surface area contributed by atoms with Gasteiger partial charge in [-0.25, -0.2) is 0 Å². The fourth-order valence-corrected chi connectivity index (χ4v) is 2.65. The molecule has 1 atom stereocenters. The molecule has 2 rings (SSSR count). The fraction of sp³-hybridized carbons (Fsp3) is 0.200. The van der Waals surface area contributed by atoms with Gasteiger partial charge in [0.15, 0.2) is 5.84 Å². The van der Waals surface area contributed by atoms with Crippen molar-refractivity contribution in [2.45, 2.75) is 13.3 Å². The van der Waals surface area contributed by atoms with Gasteiger partial charge in [0.2, 0.25) is 5.91 Å². The Bertz CT molecular complexity index is 621. The quantitative estimate of drug-likeness (QED) is 0.343. The topological polar surface area (TPSA) is 87.7 Å². The summed E-state index contributed by atoms with van der Waals surface area (Å²) in [6.07, 6.45) is 0.408. The normalized spacial score (nSPS) is 12.9. The first-order chi connectivity index (χ1) is 10.1. The molecule has 0 saturated carbocycles. The molecule has 21 heavy (non-hydrogen) atoms. The van der Waals surface area contributed by atoms with Crippen LogP contribution in [0, 0.1) is 12.8 Å². The lowest BCUT2D eigenvalue weighted by Crippen LogP contribution is -2.36. The average molecular weight is 303 g/mol. The number of amides is 1. The lowest BCUT2D eigenvalue weighted by atomic mass is 10.0. The number of carbonyl (C=O) groups is 1. The Labute approximate surface area is 127 Å². The van der Waals surface area contributed by atoms with Crippen LogP contribution in [-0.4, -0.2) is 17.0 Å². The number of nitrogens with two attached hydrogens (primary N) is 1. The maximum absolute atomic E-state index is 12.3. The molecule has 0 saturated heterocycles. The smallest absolute Gasteiger partial charge is 0.235 e. The zero-order valence-corrected chi connectivity index (χ0v) is 12.4. The van der Waals surface area contributed by atoms with Crippen LogP contribution in [0.25, 0.3) is 0 Å². The number of benzene rings is 1. The maximum Gasteiger partial charge on any atom is 0.235 e. The molecule has 4 N–H and O–H groups in total. The first-order valence-electron chi connectivity index (χ1n) is 6.47. The summed E-state index contributed by atoms with van der Waals surface area (Å²) in [5, 5.41) is 16.6. The number of anilines is 1. The van der Waals surface area contributed by atoms with E-state index in [1.807, 2.05) is 48.7 Å². The summed E-state index contributed by atoms with van der Waals surface area (Å²) in [5.41, 5.74) is 7.45. The van der Waals surface area contributed by atoms with Crippen LogP contribution >= 0.6 is 11.3 Å². The lowest BCUT2D eigenvalue weighted by Gasteiger charge is -2.15. The molecule has 0 unspecified atom stereocenters. The highest BCUT2D eigenvalue weighted by atomic mass is 32.1. The van der Waals surface area contributed by atoms with Crippen molar-refractivity contribution in [1.82, 2.24) is 0 Å². The van der Waals surface area contributed by atoms with E-state index in [9.17, 15) is 4.79 Å². The van der Waals surface area contributed by atoms with Crippen LogP contribution in [-0.2, 0) is 11.2 Å². The highest BCUT2D eigenvalue weighted by Gasteiger charge is 2.24. The second-order valence-electron chi connectivity index (χ2n) is 4.72. The summed E-state index contributed by atoms with van der Waals surface area (Å²) < 4.78 is 0. The van der Waals surface area contributed by atoms with E-state index >= 15 is 0 Å². The molecule has 0 aliphatic rings. The van der Waals surface area contributed by atoms with Crippen molar-refractivity contribution in [3.05, 3.63) is 52.2 Å². The summed E-state index contributed by atoms with van der Waals surface area (Å²) in [6, 6.07) is 11.3. The molecule has 0 spiro atoms. The van der Waals surface area contributed by atoms with Crippen molar-refractivity contribution in [3.63, 3.8) is 0 Å². The van der Waals surface area contributed by atoms with Crippen molar-refractivity contribution in [3.8, 4) is 0 Å². The Morgan fingerprint density at radius 3 is 2.67 bits per heavy atom. The Hall–Kier alpha value is -2.34. The van der Waals surface area contributed by atoms with Gasteiger partial charge in [-0.2, -0.15) is 0 Å². The number of aryl methyl sites for hydroxylation is 1. The zero-order valence-electron chi connectivity index (χ0n) is 11.6. The van der Waals surface area contributed by atoms with Gasteiger partial charge in [0.25, 0.3) is 0 Å². The molecule has 0 radical (unpaired) electrons. The highest BCUT2D eigenvalue weighted by Crippen LogP contribution is 2.17. The summed E-state index contributed by atoms with van der Waals surface area (Å²) in [4.78, 5) is 13.4. The molecular weight excluding hydrogens is 286 g/mol. The van der Waals surface area contributed by atoms with Gasteiger partial charge in [0.05, 0.1) is 0 Å². The number of nitrogens with one attached hydrogen (secondary N) is 1. The maximum atomic E-state index is 12.3. The number of oxime groups is 1. The van der Waals surface area contributed by atoms with Gasteiger partial charge < -0.3 is 16.3 Å². The third-order valence-corrected chi connectivity index (χ3v) is 3.99. The molecule has 0 aliphatic carbocycles. The number of amidine groups is 1. The SMILES string of the molecule is Cc1ccc(NC(=O)[C@@H](Cc2cccs2)/C(N)=N\O)cc1. The van der Waals surface area contributed by atoms with Crippen molar-refractivity contribution in [2.75, 3.05) is 5.32 Å².